The highest BCUT2D eigenvalue weighted by Gasteiger charge is 2.26. The number of benzene rings is 1. The van der Waals surface area contributed by atoms with Crippen LogP contribution >= 0.6 is 0 Å². The molecule has 3 heterocycles. The number of nitrogens with zero attached hydrogens (tertiary/aromatic N) is 5. The molecular weight excluding hydrogens is 378 g/mol. The first-order valence-electron chi connectivity index (χ1n) is 10.5. The van der Waals surface area contributed by atoms with Crippen molar-refractivity contribution >= 4 is 16.7 Å². The van der Waals surface area contributed by atoms with Gasteiger partial charge in [0.25, 0.3) is 11.3 Å². The number of pyridine rings is 1. The molecule has 0 N–H and O–H groups in total. The van der Waals surface area contributed by atoms with Crippen LogP contribution in [-0.4, -0.2) is 31.3 Å². The summed E-state index contributed by atoms with van der Waals surface area (Å²) in [5.74, 6) is 2.23. The number of ether oxygens (including phenoxy) is 1. The van der Waals surface area contributed by atoms with E-state index in [0.29, 0.717) is 39.9 Å². The van der Waals surface area contributed by atoms with Crippen LogP contribution in [0.3, 0.4) is 0 Å². The molecule has 30 heavy (non-hydrogen) atoms. The van der Waals surface area contributed by atoms with Gasteiger partial charge in [0.1, 0.15) is 11.6 Å². The third-order valence-corrected chi connectivity index (χ3v) is 6.25. The largest absolute Gasteiger partial charge is 0.496 e. The molecule has 5 rings (SSSR count). The maximum Gasteiger partial charge on any atom is 0.262 e. The van der Waals surface area contributed by atoms with E-state index in [4.69, 9.17) is 4.74 Å². The summed E-state index contributed by atoms with van der Waals surface area (Å²) < 4.78 is 9.19. The van der Waals surface area contributed by atoms with E-state index in [2.05, 4.69) is 22.0 Å². The van der Waals surface area contributed by atoms with Crippen LogP contribution in [0.1, 0.15) is 44.5 Å². The fraction of sp³-hybridized carbons (Fsp3) is 0.391. The predicted octanol–water partition coefficient (Wildman–Crippen LogP) is 4.17. The quantitative estimate of drug-likeness (QED) is 0.513. The molecular formula is C23H25N5O2. The van der Waals surface area contributed by atoms with Crippen LogP contribution in [0.5, 0.6) is 5.75 Å². The van der Waals surface area contributed by atoms with E-state index in [-0.39, 0.29) is 11.6 Å². The van der Waals surface area contributed by atoms with Gasteiger partial charge in [0.05, 0.1) is 23.7 Å². The molecule has 0 unspecified atom stereocenters. The lowest BCUT2D eigenvalue weighted by Crippen LogP contribution is -2.31. The molecule has 1 saturated carbocycles. The number of methoxy groups -OCH3 is 1. The topological polar surface area (TPSA) is 74.3 Å². The Morgan fingerprint density at radius 1 is 1.10 bits per heavy atom. The lowest BCUT2D eigenvalue weighted by atomic mass is 9.85. The van der Waals surface area contributed by atoms with E-state index in [0.717, 1.165) is 24.8 Å². The molecule has 3 aromatic heterocycles. The van der Waals surface area contributed by atoms with Gasteiger partial charge in [0, 0.05) is 17.8 Å². The number of rotatable bonds is 3. The molecule has 7 heteroatoms. The van der Waals surface area contributed by atoms with Crippen LogP contribution in [0.15, 0.2) is 41.3 Å². The van der Waals surface area contributed by atoms with E-state index in [1.54, 1.807) is 11.6 Å². The van der Waals surface area contributed by atoms with E-state index in [9.17, 15) is 4.79 Å². The van der Waals surface area contributed by atoms with Crippen LogP contribution < -0.4 is 10.3 Å². The third-order valence-electron chi connectivity index (χ3n) is 6.25. The Morgan fingerprint density at radius 3 is 2.70 bits per heavy atom. The number of para-hydroxylation sites is 1. The van der Waals surface area contributed by atoms with Crippen molar-refractivity contribution in [3.8, 4) is 17.0 Å². The molecule has 1 fully saturated rings. The maximum absolute atomic E-state index is 13.8. The van der Waals surface area contributed by atoms with E-state index in [1.807, 2.05) is 48.0 Å². The summed E-state index contributed by atoms with van der Waals surface area (Å²) in [6.07, 6.45) is 6.45. The minimum Gasteiger partial charge on any atom is -0.496 e. The second kappa shape index (κ2) is 7.23. The first kappa shape index (κ1) is 18.8. The van der Waals surface area contributed by atoms with Gasteiger partial charge < -0.3 is 9.30 Å². The summed E-state index contributed by atoms with van der Waals surface area (Å²) in [6, 6.07) is 9.82. The first-order chi connectivity index (χ1) is 14.6. The molecule has 1 aliphatic rings. The normalized spacial score (nSPS) is 19.4. The Kier molecular flexibility index (Phi) is 4.53. The van der Waals surface area contributed by atoms with Gasteiger partial charge in [-0.15, -0.1) is 5.10 Å². The zero-order valence-electron chi connectivity index (χ0n) is 17.5. The average Bonchev–Trinajstić information content (AvgIpc) is 3.13. The Balaban J connectivity index is 1.89. The molecule has 0 spiro atoms. The zero-order chi connectivity index (χ0) is 20.8. The van der Waals surface area contributed by atoms with Gasteiger partial charge in [-0.05, 0) is 43.9 Å². The smallest absolute Gasteiger partial charge is 0.262 e. The van der Waals surface area contributed by atoms with E-state index in [1.165, 1.54) is 6.42 Å². The van der Waals surface area contributed by atoms with Crippen LogP contribution in [0.2, 0.25) is 0 Å². The van der Waals surface area contributed by atoms with Gasteiger partial charge in [-0.25, -0.2) is 4.98 Å². The van der Waals surface area contributed by atoms with Crippen molar-refractivity contribution in [3.05, 3.63) is 52.7 Å². The number of aryl methyl sites for hydroxylation is 1. The fourth-order valence-corrected chi connectivity index (χ4v) is 4.76. The molecule has 7 nitrogen and oxygen atoms in total. The number of hydrogen-bond donors (Lipinski definition) is 0. The summed E-state index contributed by atoms with van der Waals surface area (Å²) in [6.45, 7) is 4.07. The lowest BCUT2D eigenvalue weighted by Gasteiger charge is -2.30. The van der Waals surface area contributed by atoms with Crippen molar-refractivity contribution in [2.45, 2.75) is 45.6 Å². The number of aromatic nitrogens is 5. The minimum atomic E-state index is -0.0327. The van der Waals surface area contributed by atoms with E-state index >= 15 is 0 Å². The molecule has 2 atom stereocenters. The van der Waals surface area contributed by atoms with Crippen molar-refractivity contribution in [1.29, 1.82) is 0 Å². The van der Waals surface area contributed by atoms with Crippen molar-refractivity contribution in [1.82, 2.24) is 24.1 Å². The number of fused-ring (bicyclic) bond motifs is 2. The summed E-state index contributed by atoms with van der Waals surface area (Å²) in [7, 11) is 1.63. The van der Waals surface area contributed by atoms with Gasteiger partial charge in [0.2, 0.25) is 0 Å². The molecule has 0 amide bonds. The highest BCUT2D eigenvalue weighted by atomic mass is 16.5. The Hall–Kier alpha value is -3.22. The van der Waals surface area contributed by atoms with Crippen molar-refractivity contribution in [2.75, 3.05) is 7.11 Å². The highest BCUT2D eigenvalue weighted by Crippen LogP contribution is 2.35. The molecule has 1 aliphatic carbocycles. The zero-order valence-corrected chi connectivity index (χ0v) is 17.5. The van der Waals surface area contributed by atoms with Crippen LogP contribution in [0, 0.1) is 12.8 Å². The summed E-state index contributed by atoms with van der Waals surface area (Å²) >= 11 is 0. The third kappa shape index (κ3) is 2.88. The maximum atomic E-state index is 13.8. The molecule has 0 bridgehead atoms. The number of hydrogen-bond acceptors (Lipinski definition) is 5. The Bertz CT molecular complexity index is 1310. The lowest BCUT2D eigenvalue weighted by molar-refractivity contribution is 0.253. The first-order valence-corrected chi connectivity index (χ1v) is 10.5. The second-order valence-corrected chi connectivity index (χ2v) is 8.15. The molecule has 0 saturated heterocycles. The van der Waals surface area contributed by atoms with Gasteiger partial charge in [-0.3, -0.25) is 4.79 Å². The van der Waals surface area contributed by atoms with Gasteiger partial charge in [0.15, 0.2) is 0 Å². The van der Waals surface area contributed by atoms with Crippen molar-refractivity contribution < 1.29 is 4.74 Å². The summed E-state index contributed by atoms with van der Waals surface area (Å²) in [5, 5.41) is 5.11. The van der Waals surface area contributed by atoms with Gasteiger partial charge in [-0.2, -0.15) is 9.50 Å². The summed E-state index contributed by atoms with van der Waals surface area (Å²) in [4.78, 5) is 22.9. The van der Waals surface area contributed by atoms with Crippen molar-refractivity contribution in [3.63, 3.8) is 0 Å². The van der Waals surface area contributed by atoms with E-state index < -0.39 is 0 Å². The second-order valence-electron chi connectivity index (χ2n) is 8.15. The molecule has 154 valence electrons. The standard InChI is InChI=1S/C23H25N5O2/c1-14-8-4-6-10-18(14)27-13-12-17-20(22(27)29)21(16-9-5-7-11-19(16)30-3)28-23(25-17)24-15(2)26-28/h5,7,9,11-14,18H,4,6,8,10H2,1-3H3/t14-,18-/m0/s1. The molecule has 1 aromatic carbocycles. The summed E-state index contributed by atoms with van der Waals surface area (Å²) in [5.41, 5.74) is 2.07. The van der Waals surface area contributed by atoms with Gasteiger partial charge in [-0.1, -0.05) is 31.9 Å². The van der Waals surface area contributed by atoms with Gasteiger partial charge >= 0.3 is 0 Å². The van der Waals surface area contributed by atoms with Crippen LogP contribution in [0.4, 0.5) is 0 Å². The van der Waals surface area contributed by atoms with Crippen molar-refractivity contribution in [2.24, 2.45) is 5.92 Å². The SMILES string of the molecule is COc1ccccc1-c1c2c(=O)n([C@H]3CCCC[C@@H]3C)ccc2nc2nc(C)nn12. The predicted molar refractivity (Wildman–Crippen MR) is 116 cm³/mol. The van der Waals surface area contributed by atoms with Crippen LogP contribution in [0.25, 0.3) is 27.9 Å². The molecule has 0 aliphatic heterocycles. The fourth-order valence-electron chi connectivity index (χ4n) is 4.76. The Morgan fingerprint density at radius 2 is 1.90 bits per heavy atom. The molecule has 4 aromatic rings. The Labute approximate surface area is 174 Å². The highest BCUT2D eigenvalue weighted by molar-refractivity contribution is 5.94. The monoisotopic (exact) mass is 403 g/mol. The molecule has 0 radical (unpaired) electrons. The average molecular weight is 403 g/mol. The van der Waals surface area contributed by atoms with Crippen LogP contribution in [-0.2, 0) is 0 Å². The minimum absolute atomic E-state index is 0.0327.